The largest absolute Gasteiger partial charge is 0.456 e. The molecule has 0 aliphatic rings. The number of rotatable bonds is 3. The molecule has 1 atom stereocenters. The minimum atomic E-state index is -1.19. The van der Waals surface area contributed by atoms with E-state index < -0.39 is 7.50 Å². The van der Waals surface area contributed by atoms with Crippen LogP contribution in [0.25, 0.3) is 0 Å². The van der Waals surface area contributed by atoms with Gasteiger partial charge in [-0.2, -0.15) is 0 Å². The Morgan fingerprint density at radius 1 is 0.917 bits per heavy atom. The molecule has 24 heavy (non-hydrogen) atoms. The van der Waals surface area contributed by atoms with Crippen LogP contribution in [0.15, 0.2) is 12.1 Å². The first kappa shape index (κ1) is 21.3. The highest BCUT2D eigenvalue weighted by molar-refractivity contribution is 7.80. The molecular formula is C21H32ClOP. The van der Waals surface area contributed by atoms with Crippen molar-refractivity contribution in [2.24, 2.45) is 0 Å². The summed E-state index contributed by atoms with van der Waals surface area (Å²) in [5.41, 5.74) is 3.71. The van der Waals surface area contributed by atoms with Crippen molar-refractivity contribution in [2.45, 2.75) is 78.6 Å². The van der Waals surface area contributed by atoms with E-state index in [1.807, 2.05) is 0 Å². The van der Waals surface area contributed by atoms with Gasteiger partial charge in [-0.25, -0.2) is 0 Å². The standard InChI is InChI=1S/C21H32ClOP/c1-11-12-24(22)23-18-16(20(5,6)7)13-15(19(2,3)4)14-17(18)21(8,9)10/h1,13-14H,12H2,2-10H3. The third-order valence-corrected chi connectivity index (χ3v) is 5.35. The molecule has 1 aromatic rings. The zero-order chi connectivity index (χ0) is 18.9. The molecular weight excluding hydrogens is 335 g/mol. The van der Waals surface area contributed by atoms with Crippen LogP contribution >= 0.6 is 18.7 Å². The smallest absolute Gasteiger partial charge is 0.194 e. The number of hydrogen-bond donors (Lipinski definition) is 0. The SMILES string of the molecule is C#CCP(Cl)Oc1c(C(C)(C)C)cc(C(C)(C)C)cc1C(C)(C)C. The molecule has 0 N–H and O–H groups in total. The van der Waals surface area contributed by atoms with Crippen LogP contribution in [0.2, 0.25) is 0 Å². The lowest BCUT2D eigenvalue weighted by molar-refractivity contribution is 0.497. The van der Waals surface area contributed by atoms with Crippen LogP contribution in [0.1, 0.15) is 79.0 Å². The normalized spacial score (nSPS) is 14.2. The fraction of sp³-hybridized carbons (Fsp3) is 0.619. The van der Waals surface area contributed by atoms with E-state index in [9.17, 15) is 0 Å². The van der Waals surface area contributed by atoms with Crippen LogP contribution in [-0.4, -0.2) is 6.16 Å². The summed E-state index contributed by atoms with van der Waals surface area (Å²) in [6.45, 7) is 20.0. The second-order valence-corrected chi connectivity index (χ2v) is 11.7. The minimum absolute atomic E-state index is 0.0419. The van der Waals surface area contributed by atoms with E-state index in [1.165, 1.54) is 16.7 Å². The molecule has 0 saturated carbocycles. The average molecular weight is 367 g/mol. The molecule has 134 valence electrons. The molecule has 0 amide bonds. The lowest BCUT2D eigenvalue weighted by Gasteiger charge is -2.33. The van der Waals surface area contributed by atoms with Gasteiger partial charge in [-0.3, -0.25) is 0 Å². The van der Waals surface area contributed by atoms with Crippen molar-refractivity contribution in [3.63, 3.8) is 0 Å². The van der Waals surface area contributed by atoms with Crippen molar-refractivity contribution in [2.75, 3.05) is 6.16 Å². The summed E-state index contributed by atoms with van der Waals surface area (Å²) in [7, 11) is -1.19. The number of hydrogen-bond acceptors (Lipinski definition) is 1. The first-order valence-electron chi connectivity index (χ1n) is 8.42. The van der Waals surface area contributed by atoms with Gasteiger partial charge in [-0.05, 0) is 33.0 Å². The summed E-state index contributed by atoms with van der Waals surface area (Å²) < 4.78 is 6.23. The third kappa shape index (κ3) is 5.40. The van der Waals surface area contributed by atoms with E-state index in [0.29, 0.717) is 6.16 Å². The molecule has 0 spiro atoms. The average Bonchev–Trinajstić information content (AvgIpc) is 2.34. The van der Waals surface area contributed by atoms with Gasteiger partial charge in [0.05, 0.1) is 6.16 Å². The number of terminal acetylenes is 1. The summed E-state index contributed by atoms with van der Waals surface area (Å²) in [6, 6.07) is 4.56. The van der Waals surface area contributed by atoms with E-state index in [2.05, 4.69) is 80.4 Å². The molecule has 0 fully saturated rings. The predicted octanol–water partition coefficient (Wildman–Crippen LogP) is 7.14. The first-order chi connectivity index (χ1) is 10.7. The van der Waals surface area contributed by atoms with E-state index in [4.69, 9.17) is 22.2 Å². The van der Waals surface area contributed by atoms with Gasteiger partial charge in [0.25, 0.3) is 0 Å². The van der Waals surface area contributed by atoms with Crippen molar-refractivity contribution in [1.29, 1.82) is 0 Å². The molecule has 0 bridgehead atoms. The Hall–Kier alpha value is -0.700. The van der Waals surface area contributed by atoms with Gasteiger partial charge in [0.2, 0.25) is 0 Å². The quantitative estimate of drug-likeness (QED) is 0.408. The zero-order valence-electron chi connectivity index (χ0n) is 16.7. The van der Waals surface area contributed by atoms with Crippen molar-refractivity contribution in [1.82, 2.24) is 0 Å². The number of benzene rings is 1. The molecule has 0 radical (unpaired) electrons. The molecule has 3 heteroatoms. The maximum Gasteiger partial charge on any atom is 0.194 e. The lowest BCUT2D eigenvalue weighted by atomic mass is 9.75. The van der Waals surface area contributed by atoms with Gasteiger partial charge in [0.15, 0.2) is 7.50 Å². The molecule has 0 heterocycles. The van der Waals surface area contributed by atoms with Crippen LogP contribution in [0.3, 0.4) is 0 Å². The van der Waals surface area contributed by atoms with Gasteiger partial charge in [0, 0.05) is 11.1 Å². The van der Waals surface area contributed by atoms with E-state index >= 15 is 0 Å². The first-order valence-corrected chi connectivity index (χ1v) is 10.8. The highest BCUT2D eigenvalue weighted by Crippen LogP contribution is 2.50. The zero-order valence-corrected chi connectivity index (χ0v) is 18.3. The highest BCUT2D eigenvalue weighted by atomic mass is 35.7. The molecule has 1 aromatic carbocycles. The second-order valence-electron chi connectivity index (χ2n) is 9.42. The van der Waals surface area contributed by atoms with E-state index in [1.54, 1.807) is 0 Å². The van der Waals surface area contributed by atoms with Crippen LogP contribution in [0.5, 0.6) is 5.75 Å². The fourth-order valence-corrected chi connectivity index (χ4v) is 3.49. The van der Waals surface area contributed by atoms with E-state index in [-0.39, 0.29) is 16.2 Å². The molecule has 1 nitrogen and oxygen atoms in total. The Kier molecular flexibility index (Phi) is 6.47. The summed E-state index contributed by atoms with van der Waals surface area (Å²) in [4.78, 5) is 0. The second kappa shape index (κ2) is 7.27. The third-order valence-electron chi connectivity index (χ3n) is 3.98. The summed E-state index contributed by atoms with van der Waals surface area (Å²) >= 11 is 6.39. The van der Waals surface area contributed by atoms with Crippen LogP contribution in [0, 0.1) is 12.3 Å². The van der Waals surface area contributed by atoms with Crippen molar-refractivity contribution in [3.8, 4) is 18.1 Å². The van der Waals surface area contributed by atoms with Crippen molar-refractivity contribution in [3.05, 3.63) is 28.8 Å². The summed E-state index contributed by atoms with van der Waals surface area (Å²) in [5, 5.41) is 0. The fourth-order valence-electron chi connectivity index (χ4n) is 2.48. The number of halogens is 1. The van der Waals surface area contributed by atoms with E-state index in [0.717, 1.165) is 5.75 Å². The Morgan fingerprint density at radius 2 is 1.33 bits per heavy atom. The van der Waals surface area contributed by atoms with Gasteiger partial charge in [-0.1, -0.05) is 80.4 Å². The van der Waals surface area contributed by atoms with Crippen LogP contribution < -0.4 is 4.52 Å². The molecule has 0 aliphatic carbocycles. The molecule has 1 rings (SSSR count). The minimum Gasteiger partial charge on any atom is -0.456 e. The lowest BCUT2D eigenvalue weighted by Crippen LogP contribution is -2.22. The van der Waals surface area contributed by atoms with Crippen LogP contribution in [-0.2, 0) is 16.2 Å². The maximum atomic E-state index is 6.39. The van der Waals surface area contributed by atoms with Crippen molar-refractivity contribution < 1.29 is 4.52 Å². The van der Waals surface area contributed by atoms with Gasteiger partial charge >= 0.3 is 0 Å². The molecule has 0 aliphatic heterocycles. The topological polar surface area (TPSA) is 9.23 Å². The Balaban J connectivity index is 3.72. The van der Waals surface area contributed by atoms with Gasteiger partial charge in [-0.15, -0.1) is 6.42 Å². The Labute approximate surface area is 155 Å². The van der Waals surface area contributed by atoms with Gasteiger partial charge in [0.1, 0.15) is 5.75 Å². The highest BCUT2D eigenvalue weighted by Gasteiger charge is 2.31. The van der Waals surface area contributed by atoms with Crippen LogP contribution in [0.4, 0.5) is 0 Å². The summed E-state index contributed by atoms with van der Waals surface area (Å²) in [5.74, 6) is 3.53. The summed E-state index contributed by atoms with van der Waals surface area (Å²) in [6.07, 6.45) is 5.86. The molecule has 0 saturated heterocycles. The predicted molar refractivity (Wildman–Crippen MR) is 110 cm³/mol. The molecule has 1 unspecified atom stereocenters. The monoisotopic (exact) mass is 366 g/mol. The van der Waals surface area contributed by atoms with Crippen molar-refractivity contribution >= 4 is 18.7 Å². The maximum absolute atomic E-state index is 6.39. The Morgan fingerprint density at radius 3 is 1.62 bits per heavy atom. The Bertz CT molecular complexity index is 586. The van der Waals surface area contributed by atoms with Gasteiger partial charge < -0.3 is 4.52 Å². The molecule has 0 aromatic heterocycles.